The van der Waals surface area contributed by atoms with Gasteiger partial charge in [0.1, 0.15) is 0 Å². The zero-order chi connectivity index (χ0) is 20.1. The lowest BCUT2D eigenvalue weighted by Gasteiger charge is -2.28. The number of carbonyl (C=O) groups is 1. The highest BCUT2D eigenvalue weighted by atomic mass is 32.2. The summed E-state index contributed by atoms with van der Waals surface area (Å²) in [7, 11) is 0.914. The van der Waals surface area contributed by atoms with E-state index in [-0.39, 0.29) is 23.5 Å². The summed E-state index contributed by atoms with van der Waals surface area (Å²) in [5.41, 5.74) is 1.61. The summed E-state index contributed by atoms with van der Waals surface area (Å²) in [5.74, 6) is 0.0708. The topological polar surface area (TPSA) is 75.5 Å². The molecule has 1 unspecified atom stereocenters. The summed E-state index contributed by atoms with van der Waals surface area (Å²) >= 11 is 0. The van der Waals surface area contributed by atoms with Crippen molar-refractivity contribution >= 4 is 15.7 Å². The van der Waals surface area contributed by atoms with Gasteiger partial charge in [-0.1, -0.05) is 30.3 Å². The fraction of sp³-hybridized carbons (Fsp3) is 0.500. The maximum absolute atomic E-state index is 13.1. The average Bonchev–Trinajstić information content (AvgIpc) is 3.25. The van der Waals surface area contributed by atoms with Gasteiger partial charge in [0, 0.05) is 18.8 Å². The number of sulfone groups is 1. The summed E-state index contributed by atoms with van der Waals surface area (Å²) in [4.78, 5) is 16.9. The van der Waals surface area contributed by atoms with Gasteiger partial charge in [-0.2, -0.15) is 5.10 Å². The van der Waals surface area contributed by atoms with Crippen LogP contribution in [0.3, 0.4) is 0 Å². The molecular formula is C20H28N4O3S. The molecule has 1 saturated heterocycles. The van der Waals surface area contributed by atoms with Crippen molar-refractivity contribution < 1.29 is 13.2 Å². The van der Waals surface area contributed by atoms with E-state index in [1.165, 1.54) is 0 Å². The van der Waals surface area contributed by atoms with Crippen molar-refractivity contribution in [3.8, 4) is 0 Å². The minimum atomic E-state index is -3.06. The molecule has 0 bridgehead atoms. The highest BCUT2D eigenvalue weighted by Gasteiger charge is 2.35. The first-order chi connectivity index (χ1) is 13.3. The molecule has 1 aliphatic rings. The molecule has 0 spiro atoms. The Morgan fingerprint density at radius 2 is 1.96 bits per heavy atom. The number of hydrogen-bond donors (Lipinski definition) is 0. The summed E-state index contributed by atoms with van der Waals surface area (Å²) < 4.78 is 25.6. The molecule has 152 valence electrons. The highest BCUT2D eigenvalue weighted by Crippen LogP contribution is 2.20. The molecule has 7 nitrogen and oxygen atoms in total. The van der Waals surface area contributed by atoms with Gasteiger partial charge in [-0.25, -0.2) is 8.42 Å². The van der Waals surface area contributed by atoms with Crippen LogP contribution in [0.5, 0.6) is 0 Å². The maximum Gasteiger partial charge on any atom is 0.257 e. The van der Waals surface area contributed by atoms with Gasteiger partial charge in [-0.3, -0.25) is 9.48 Å². The van der Waals surface area contributed by atoms with E-state index in [1.807, 2.05) is 44.4 Å². The molecule has 0 radical (unpaired) electrons. The van der Waals surface area contributed by atoms with Crippen LogP contribution < -0.4 is 0 Å². The molecule has 2 heterocycles. The number of aromatic nitrogens is 2. The van der Waals surface area contributed by atoms with E-state index in [0.717, 1.165) is 18.5 Å². The number of nitrogens with zero attached hydrogens (tertiary/aromatic N) is 4. The standard InChI is InChI=1S/C20H28N4O3S/c1-22(2)10-6-11-24(19-9-12-28(26,27)16-19)20(25)18-13-21-23(15-18)14-17-7-4-3-5-8-17/h3-5,7-8,13,15,19H,6,9-12,14,16H2,1-2H3. The summed E-state index contributed by atoms with van der Waals surface area (Å²) in [6.45, 7) is 1.98. The van der Waals surface area contributed by atoms with E-state index in [0.29, 0.717) is 25.1 Å². The van der Waals surface area contributed by atoms with Crippen LogP contribution in [0.15, 0.2) is 42.7 Å². The van der Waals surface area contributed by atoms with E-state index in [4.69, 9.17) is 0 Å². The van der Waals surface area contributed by atoms with Gasteiger partial charge < -0.3 is 9.80 Å². The van der Waals surface area contributed by atoms with Gasteiger partial charge in [0.2, 0.25) is 0 Å². The van der Waals surface area contributed by atoms with E-state index >= 15 is 0 Å². The third-order valence-electron chi connectivity index (χ3n) is 4.98. The second kappa shape index (κ2) is 8.87. The Morgan fingerprint density at radius 3 is 2.61 bits per heavy atom. The molecule has 0 aliphatic carbocycles. The molecule has 0 N–H and O–H groups in total. The Morgan fingerprint density at radius 1 is 1.21 bits per heavy atom. The normalized spacial score (nSPS) is 18.5. The second-order valence-electron chi connectivity index (χ2n) is 7.62. The van der Waals surface area contributed by atoms with Gasteiger partial charge in [0.25, 0.3) is 5.91 Å². The fourth-order valence-electron chi connectivity index (χ4n) is 3.53. The molecular weight excluding hydrogens is 376 g/mol. The van der Waals surface area contributed by atoms with E-state index in [1.54, 1.807) is 22.0 Å². The van der Waals surface area contributed by atoms with Gasteiger partial charge in [0.15, 0.2) is 9.84 Å². The first-order valence-electron chi connectivity index (χ1n) is 9.56. The molecule has 0 saturated carbocycles. The van der Waals surface area contributed by atoms with Crippen molar-refractivity contribution in [3.63, 3.8) is 0 Å². The number of hydrogen-bond acceptors (Lipinski definition) is 5. The minimum absolute atomic E-state index is 0.0544. The van der Waals surface area contributed by atoms with Crippen molar-refractivity contribution in [1.29, 1.82) is 0 Å². The van der Waals surface area contributed by atoms with Crippen molar-refractivity contribution in [2.24, 2.45) is 0 Å². The van der Waals surface area contributed by atoms with Crippen LogP contribution in [0, 0.1) is 0 Å². The molecule has 3 rings (SSSR count). The second-order valence-corrected chi connectivity index (χ2v) is 9.85. The maximum atomic E-state index is 13.1. The molecule has 1 aliphatic heterocycles. The lowest BCUT2D eigenvalue weighted by atomic mass is 10.1. The third kappa shape index (κ3) is 5.42. The van der Waals surface area contributed by atoms with Gasteiger partial charge in [0.05, 0.1) is 29.8 Å². The third-order valence-corrected chi connectivity index (χ3v) is 6.73. The minimum Gasteiger partial charge on any atom is -0.334 e. The van der Waals surface area contributed by atoms with E-state index in [2.05, 4.69) is 10.00 Å². The van der Waals surface area contributed by atoms with Crippen LogP contribution in [0.1, 0.15) is 28.8 Å². The van der Waals surface area contributed by atoms with Crippen LogP contribution in [-0.4, -0.2) is 78.6 Å². The van der Waals surface area contributed by atoms with Crippen LogP contribution in [-0.2, 0) is 16.4 Å². The summed E-state index contributed by atoms with van der Waals surface area (Å²) in [6, 6.07) is 9.68. The monoisotopic (exact) mass is 404 g/mol. The Hall–Kier alpha value is -2.19. The van der Waals surface area contributed by atoms with Crippen LogP contribution in [0.2, 0.25) is 0 Å². The summed E-state index contributed by atoms with van der Waals surface area (Å²) in [5, 5.41) is 4.32. The zero-order valence-electron chi connectivity index (χ0n) is 16.5. The smallest absolute Gasteiger partial charge is 0.257 e. The molecule has 1 amide bonds. The average molecular weight is 405 g/mol. The van der Waals surface area contributed by atoms with Crippen LogP contribution >= 0.6 is 0 Å². The van der Waals surface area contributed by atoms with Gasteiger partial charge in [-0.15, -0.1) is 0 Å². The first kappa shape index (κ1) is 20.5. The number of rotatable bonds is 8. The van der Waals surface area contributed by atoms with Crippen molar-refractivity contribution in [2.75, 3.05) is 38.7 Å². The SMILES string of the molecule is CN(C)CCCN(C(=O)c1cnn(Cc2ccccc2)c1)C1CCS(=O)(=O)C1. The Labute approximate surface area is 166 Å². The predicted octanol–water partition coefficient (Wildman–Crippen LogP) is 1.51. The zero-order valence-corrected chi connectivity index (χ0v) is 17.3. The molecule has 28 heavy (non-hydrogen) atoms. The number of carbonyl (C=O) groups excluding carboxylic acids is 1. The summed E-state index contributed by atoms with van der Waals surface area (Å²) in [6.07, 6.45) is 4.63. The molecule has 2 aromatic rings. The fourth-order valence-corrected chi connectivity index (χ4v) is 5.26. The number of benzene rings is 1. The molecule has 8 heteroatoms. The molecule has 1 aromatic carbocycles. The van der Waals surface area contributed by atoms with Crippen molar-refractivity contribution in [2.45, 2.75) is 25.4 Å². The molecule has 1 aromatic heterocycles. The first-order valence-corrected chi connectivity index (χ1v) is 11.4. The quantitative estimate of drug-likeness (QED) is 0.667. The van der Waals surface area contributed by atoms with Crippen LogP contribution in [0.4, 0.5) is 0 Å². The number of amides is 1. The Balaban J connectivity index is 1.73. The molecule has 1 fully saturated rings. The highest BCUT2D eigenvalue weighted by molar-refractivity contribution is 7.91. The van der Waals surface area contributed by atoms with Crippen molar-refractivity contribution in [1.82, 2.24) is 19.6 Å². The lowest BCUT2D eigenvalue weighted by Crippen LogP contribution is -2.42. The van der Waals surface area contributed by atoms with Crippen molar-refractivity contribution in [3.05, 3.63) is 53.9 Å². The lowest BCUT2D eigenvalue weighted by molar-refractivity contribution is 0.0690. The van der Waals surface area contributed by atoms with Gasteiger partial charge >= 0.3 is 0 Å². The Bertz CT molecular complexity index is 893. The van der Waals surface area contributed by atoms with Gasteiger partial charge in [-0.05, 0) is 39.0 Å². The Kier molecular flexibility index (Phi) is 6.51. The van der Waals surface area contributed by atoms with E-state index < -0.39 is 9.84 Å². The predicted molar refractivity (Wildman–Crippen MR) is 109 cm³/mol. The molecule has 1 atom stereocenters. The van der Waals surface area contributed by atoms with E-state index in [9.17, 15) is 13.2 Å². The van der Waals surface area contributed by atoms with Crippen LogP contribution in [0.25, 0.3) is 0 Å². The largest absolute Gasteiger partial charge is 0.334 e.